The fourth-order valence-electron chi connectivity index (χ4n) is 3.32. The zero-order valence-corrected chi connectivity index (χ0v) is 20.1. The molecule has 1 heterocycles. The van der Waals surface area contributed by atoms with Gasteiger partial charge in [0.2, 0.25) is 0 Å². The summed E-state index contributed by atoms with van der Waals surface area (Å²) in [6.07, 6.45) is -0.747. The molecule has 1 aliphatic rings. The number of hydrogen-bond donors (Lipinski definition) is 1. The topological polar surface area (TPSA) is 86.3 Å². The van der Waals surface area contributed by atoms with Crippen LogP contribution >= 0.6 is 0 Å². The molecule has 0 aliphatic carbocycles. The Morgan fingerprint density at radius 2 is 1.74 bits per heavy atom. The number of carbonyl (C=O) groups excluding carboxylic acids is 2. The maximum atomic E-state index is 12.0. The molecule has 2 aromatic carbocycles. The number of hydrogen-bond acceptors (Lipinski definition) is 6. The molecule has 0 unspecified atom stereocenters. The number of nitrogens with zero attached hydrogens (tertiary/aromatic N) is 1. The summed E-state index contributed by atoms with van der Waals surface area (Å²) < 4.78 is 22.1. The van der Waals surface area contributed by atoms with Crippen molar-refractivity contribution in [3.8, 4) is 5.75 Å². The second-order valence-electron chi connectivity index (χ2n) is 9.25. The van der Waals surface area contributed by atoms with E-state index in [0.717, 1.165) is 11.1 Å². The summed E-state index contributed by atoms with van der Waals surface area (Å²) in [4.78, 5) is 25.4. The van der Waals surface area contributed by atoms with E-state index in [0.29, 0.717) is 51.1 Å². The molecule has 8 nitrogen and oxygen atoms in total. The van der Waals surface area contributed by atoms with Gasteiger partial charge in [0.1, 0.15) is 24.6 Å². The van der Waals surface area contributed by atoms with E-state index in [4.69, 9.17) is 18.9 Å². The van der Waals surface area contributed by atoms with Crippen LogP contribution in [0.3, 0.4) is 0 Å². The Labute approximate surface area is 201 Å². The van der Waals surface area contributed by atoms with Gasteiger partial charge in [-0.3, -0.25) is 0 Å². The third-order valence-electron chi connectivity index (χ3n) is 4.98. The molecular formula is C26H34N2O6. The third kappa shape index (κ3) is 8.94. The van der Waals surface area contributed by atoms with Gasteiger partial charge in [0.05, 0.1) is 19.8 Å². The number of amides is 2. The van der Waals surface area contributed by atoms with E-state index in [-0.39, 0.29) is 12.7 Å². The Kier molecular flexibility index (Phi) is 9.16. The molecule has 3 rings (SSSR count). The maximum absolute atomic E-state index is 12.0. The van der Waals surface area contributed by atoms with Gasteiger partial charge in [-0.1, -0.05) is 42.5 Å². The van der Waals surface area contributed by atoms with Crippen LogP contribution < -0.4 is 10.1 Å². The predicted molar refractivity (Wildman–Crippen MR) is 128 cm³/mol. The van der Waals surface area contributed by atoms with Crippen LogP contribution in [0.4, 0.5) is 9.59 Å². The smallest absolute Gasteiger partial charge is 0.410 e. The Morgan fingerprint density at radius 3 is 2.47 bits per heavy atom. The first kappa shape index (κ1) is 25.4. The normalized spacial score (nSPS) is 13.7. The van der Waals surface area contributed by atoms with Crippen molar-refractivity contribution in [2.45, 2.75) is 39.6 Å². The first-order valence-electron chi connectivity index (χ1n) is 11.5. The third-order valence-corrected chi connectivity index (χ3v) is 4.98. The highest BCUT2D eigenvalue weighted by molar-refractivity contribution is 5.69. The molecule has 184 valence electrons. The van der Waals surface area contributed by atoms with Crippen molar-refractivity contribution < 1.29 is 28.5 Å². The molecule has 8 heteroatoms. The lowest BCUT2D eigenvalue weighted by Gasteiger charge is -2.39. The number of ether oxygens (including phenoxy) is 4. The number of benzene rings is 2. The van der Waals surface area contributed by atoms with Gasteiger partial charge < -0.3 is 29.2 Å². The number of alkyl carbamates (subject to hydrolysis) is 1. The van der Waals surface area contributed by atoms with Gasteiger partial charge in [0.25, 0.3) is 0 Å². The Bertz CT molecular complexity index is 922. The Balaban J connectivity index is 1.26. The van der Waals surface area contributed by atoms with Crippen LogP contribution in [0.5, 0.6) is 5.75 Å². The highest BCUT2D eigenvalue weighted by Crippen LogP contribution is 2.21. The average Bonchev–Trinajstić information content (AvgIpc) is 2.76. The summed E-state index contributed by atoms with van der Waals surface area (Å²) in [5, 5.41) is 2.67. The molecule has 0 radical (unpaired) electrons. The molecule has 0 aromatic heterocycles. The van der Waals surface area contributed by atoms with Gasteiger partial charge in [-0.2, -0.15) is 0 Å². The van der Waals surface area contributed by atoms with Crippen LogP contribution in [0, 0.1) is 5.92 Å². The molecular weight excluding hydrogens is 436 g/mol. The second kappa shape index (κ2) is 12.3. The van der Waals surface area contributed by atoms with Crippen molar-refractivity contribution in [2.24, 2.45) is 5.92 Å². The van der Waals surface area contributed by atoms with Crippen molar-refractivity contribution in [3.05, 3.63) is 65.7 Å². The minimum absolute atomic E-state index is 0.232. The largest absolute Gasteiger partial charge is 0.492 e. The van der Waals surface area contributed by atoms with Crippen LogP contribution in [0.2, 0.25) is 0 Å². The van der Waals surface area contributed by atoms with E-state index in [2.05, 4.69) is 5.32 Å². The number of likely N-dealkylation sites (tertiary alicyclic amines) is 1. The summed E-state index contributed by atoms with van der Waals surface area (Å²) >= 11 is 0. The molecule has 0 saturated carbocycles. The van der Waals surface area contributed by atoms with Crippen LogP contribution in [0.25, 0.3) is 0 Å². The number of rotatable bonds is 10. The molecule has 2 amide bonds. The molecule has 0 bridgehead atoms. The monoisotopic (exact) mass is 470 g/mol. The first-order chi connectivity index (χ1) is 16.3. The minimum Gasteiger partial charge on any atom is -0.492 e. The van der Waals surface area contributed by atoms with Gasteiger partial charge in [0, 0.05) is 19.0 Å². The quantitative estimate of drug-likeness (QED) is 0.519. The van der Waals surface area contributed by atoms with Crippen molar-refractivity contribution in [1.29, 1.82) is 0 Å². The van der Waals surface area contributed by atoms with Crippen LogP contribution in [-0.2, 0) is 27.4 Å². The van der Waals surface area contributed by atoms with Gasteiger partial charge in [-0.05, 0) is 44.0 Å². The molecule has 1 aliphatic heterocycles. The van der Waals surface area contributed by atoms with Crippen LogP contribution in [0.1, 0.15) is 31.9 Å². The number of carbonyl (C=O) groups is 2. The Morgan fingerprint density at radius 1 is 1.00 bits per heavy atom. The lowest BCUT2D eigenvalue weighted by Crippen LogP contribution is -2.53. The molecule has 1 N–H and O–H groups in total. The maximum Gasteiger partial charge on any atom is 0.410 e. The lowest BCUT2D eigenvalue weighted by atomic mass is 10.0. The van der Waals surface area contributed by atoms with E-state index in [9.17, 15) is 9.59 Å². The molecule has 2 aromatic rings. The van der Waals surface area contributed by atoms with Crippen LogP contribution in [-0.4, -0.2) is 55.5 Å². The zero-order valence-electron chi connectivity index (χ0n) is 20.1. The standard InChI is InChI=1S/C26H34N2O6/c1-26(2,3)34-25(30)28-15-22(16-28)18-31-17-21-10-7-11-23(14-21)32-13-12-27-24(29)33-19-20-8-5-4-6-9-20/h4-11,14,22H,12-13,15-19H2,1-3H3,(H,27,29). The minimum atomic E-state index is -0.479. The molecule has 1 saturated heterocycles. The van der Waals surface area contributed by atoms with Gasteiger partial charge in [0.15, 0.2) is 0 Å². The van der Waals surface area contributed by atoms with E-state index in [1.165, 1.54) is 0 Å². The molecule has 0 spiro atoms. The zero-order chi connectivity index (χ0) is 24.4. The van der Waals surface area contributed by atoms with Gasteiger partial charge >= 0.3 is 12.2 Å². The fourth-order valence-corrected chi connectivity index (χ4v) is 3.32. The summed E-state index contributed by atoms with van der Waals surface area (Å²) in [6.45, 7) is 8.83. The van der Waals surface area contributed by atoms with Crippen molar-refractivity contribution in [2.75, 3.05) is 32.8 Å². The lowest BCUT2D eigenvalue weighted by molar-refractivity contribution is -0.0227. The summed E-state index contributed by atoms with van der Waals surface area (Å²) in [5.41, 5.74) is 1.45. The predicted octanol–water partition coefficient (Wildman–Crippen LogP) is 4.38. The molecule has 0 atom stereocenters. The van der Waals surface area contributed by atoms with Gasteiger partial charge in [-0.25, -0.2) is 9.59 Å². The SMILES string of the molecule is CC(C)(C)OC(=O)N1CC(COCc2cccc(OCCNC(=O)OCc3ccccc3)c2)C1. The van der Waals surface area contributed by atoms with Crippen LogP contribution in [0.15, 0.2) is 54.6 Å². The average molecular weight is 471 g/mol. The van der Waals surface area contributed by atoms with E-state index < -0.39 is 11.7 Å². The van der Waals surface area contributed by atoms with E-state index >= 15 is 0 Å². The first-order valence-corrected chi connectivity index (χ1v) is 11.5. The van der Waals surface area contributed by atoms with Crippen molar-refractivity contribution in [1.82, 2.24) is 10.2 Å². The summed E-state index contributed by atoms with van der Waals surface area (Å²) in [6, 6.07) is 17.2. The van der Waals surface area contributed by atoms with E-state index in [1.807, 2.05) is 75.4 Å². The second-order valence-corrected chi connectivity index (χ2v) is 9.25. The molecule has 34 heavy (non-hydrogen) atoms. The summed E-state index contributed by atoms with van der Waals surface area (Å²) in [7, 11) is 0. The van der Waals surface area contributed by atoms with E-state index in [1.54, 1.807) is 4.90 Å². The Hall–Kier alpha value is -3.26. The van der Waals surface area contributed by atoms with Gasteiger partial charge in [-0.15, -0.1) is 0 Å². The highest BCUT2D eigenvalue weighted by atomic mass is 16.6. The fraction of sp³-hybridized carbons (Fsp3) is 0.462. The van der Waals surface area contributed by atoms with Crippen molar-refractivity contribution >= 4 is 12.2 Å². The highest BCUT2D eigenvalue weighted by Gasteiger charge is 2.33. The number of nitrogens with one attached hydrogen (secondary N) is 1. The summed E-state index contributed by atoms with van der Waals surface area (Å²) in [5.74, 6) is 1.03. The van der Waals surface area contributed by atoms with Crippen molar-refractivity contribution in [3.63, 3.8) is 0 Å². The molecule has 1 fully saturated rings.